The number of fused-ring (bicyclic) bond motifs is 1. The van der Waals surface area contributed by atoms with Crippen molar-refractivity contribution in [3.63, 3.8) is 0 Å². The molecule has 1 aliphatic rings. The second-order valence-electron chi connectivity index (χ2n) is 11.7. The van der Waals surface area contributed by atoms with Crippen LogP contribution in [0.5, 0.6) is 0 Å². The van der Waals surface area contributed by atoms with Crippen LogP contribution in [0.1, 0.15) is 79.6 Å². The number of imidazole rings is 1. The number of likely N-dealkylation sites (tertiary alicyclic amines) is 1. The van der Waals surface area contributed by atoms with E-state index in [1.807, 2.05) is 17.9 Å². The Hall–Kier alpha value is -2.99. The zero-order valence-corrected chi connectivity index (χ0v) is 22.8. The third-order valence-electron chi connectivity index (χ3n) is 7.92. The second kappa shape index (κ2) is 9.81. The van der Waals surface area contributed by atoms with Crippen molar-refractivity contribution in [2.45, 2.75) is 72.9 Å². The zero-order valence-electron chi connectivity index (χ0n) is 22.8. The first-order valence-corrected chi connectivity index (χ1v) is 13.3. The van der Waals surface area contributed by atoms with Crippen molar-refractivity contribution in [2.75, 3.05) is 13.1 Å². The van der Waals surface area contributed by atoms with E-state index >= 15 is 0 Å². The molecule has 36 heavy (non-hydrogen) atoms. The number of hydrogen-bond acceptors (Lipinski definition) is 4. The highest BCUT2D eigenvalue weighted by Gasteiger charge is 2.30. The molecule has 0 amide bonds. The Morgan fingerprint density at radius 2 is 1.75 bits per heavy atom. The quantitative estimate of drug-likeness (QED) is 0.337. The summed E-state index contributed by atoms with van der Waals surface area (Å²) in [7, 11) is 1.96. The minimum Gasteiger partial charge on any atom is -0.329 e. The van der Waals surface area contributed by atoms with Crippen molar-refractivity contribution in [1.29, 1.82) is 0 Å². The smallest absolute Gasteiger partial charge is 0.123 e. The van der Waals surface area contributed by atoms with Gasteiger partial charge in [-0.1, -0.05) is 56.7 Å². The van der Waals surface area contributed by atoms with Gasteiger partial charge in [-0.2, -0.15) is 0 Å². The molecule has 6 heteroatoms. The lowest BCUT2D eigenvalue weighted by Crippen LogP contribution is -2.30. The summed E-state index contributed by atoms with van der Waals surface area (Å²) in [6.45, 7) is 15.6. The van der Waals surface area contributed by atoms with Gasteiger partial charge < -0.3 is 4.57 Å². The van der Waals surface area contributed by atoms with Crippen LogP contribution < -0.4 is 0 Å². The number of aryl methyl sites for hydroxylation is 3. The van der Waals surface area contributed by atoms with Crippen molar-refractivity contribution in [3.8, 4) is 0 Å². The highest BCUT2D eigenvalue weighted by molar-refractivity contribution is 5.79. The van der Waals surface area contributed by atoms with Crippen LogP contribution in [0, 0.1) is 19.3 Å². The van der Waals surface area contributed by atoms with E-state index in [-0.39, 0.29) is 11.3 Å². The Balaban J connectivity index is 1.49. The van der Waals surface area contributed by atoms with Crippen LogP contribution in [-0.2, 0) is 20.1 Å². The van der Waals surface area contributed by atoms with Gasteiger partial charge in [0.15, 0.2) is 0 Å². The van der Waals surface area contributed by atoms with Gasteiger partial charge in [-0.05, 0) is 79.1 Å². The molecule has 0 saturated carbocycles. The lowest BCUT2D eigenvalue weighted by atomic mass is 9.71. The van der Waals surface area contributed by atoms with Crippen molar-refractivity contribution in [3.05, 3.63) is 76.4 Å². The molecule has 5 rings (SSSR count). The molecular formula is C30H40N6. The van der Waals surface area contributed by atoms with Crippen LogP contribution in [0.3, 0.4) is 0 Å². The summed E-state index contributed by atoms with van der Waals surface area (Å²) < 4.78 is 4.19. The van der Waals surface area contributed by atoms with E-state index in [1.54, 1.807) is 0 Å². The van der Waals surface area contributed by atoms with Gasteiger partial charge in [0.25, 0.3) is 0 Å². The first-order chi connectivity index (χ1) is 17.2. The minimum atomic E-state index is 0.0433. The summed E-state index contributed by atoms with van der Waals surface area (Å²) in [5, 5.41) is 8.74. The van der Waals surface area contributed by atoms with Crippen molar-refractivity contribution in [2.24, 2.45) is 12.5 Å². The van der Waals surface area contributed by atoms with Gasteiger partial charge in [-0.25, -0.2) is 9.67 Å². The highest BCUT2D eigenvalue weighted by Crippen LogP contribution is 2.43. The predicted octanol–water partition coefficient (Wildman–Crippen LogP) is 5.99. The molecule has 6 nitrogen and oxygen atoms in total. The summed E-state index contributed by atoms with van der Waals surface area (Å²) >= 11 is 0. The molecule has 1 aliphatic heterocycles. The standard InChI is InChI=1S/C30H40N6/c1-21-10-11-23(18-24(21)19-36-17-14-31-27(36)20-35-15-8-7-9-16-35)28(30(3,4)5)25-12-13-26-29(22(25)2)32-33-34(26)6/h10-14,17-18,28H,7-9,15-16,19-20H2,1-6H3/t28-/m0/s1. The minimum absolute atomic E-state index is 0.0433. The van der Waals surface area contributed by atoms with Crippen molar-refractivity contribution >= 4 is 11.0 Å². The number of benzene rings is 2. The van der Waals surface area contributed by atoms with Crippen LogP contribution in [0.15, 0.2) is 42.7 Å². The molecular weight excluding hydrogens is 444 g/mol. The molecule has 0 bridgehead atoms. The number of piperidine rings is 1. The fourth-order valence-electron chi connectivity index (χ4n) is 5.89. The number of nitrogens with zero attached hydrogens (tertiary/aromatic N) is 6. The summed E-state index contributed by atoms with van der Waals surface area (Å²) in [5.41, 5.74) is 8.71. The van der Waals surface area contributed by atoms with Crippen molar-refractivity contribution in [1.82, 2.24) is 29.4 Å². The maximum absolute atomic E-state index is 4.73. The number of aromatic nitrogens is 5. The van der Waals surface area contributed by atoms with Gasteiger partial charge in [0.05, 0.1) is 12.1 Å². The fourth-order valence-corrected chi connectivity index (χ4v) is 5.89. The van der Waals surface area contributed by atoms with E-state index in [1.165, 1.54) is 60.2 Å². The Morgan fingerprint density at radius 3 is 2.50 bits per heavy atom. The van der Waals surface area contributed by atoms with Gasteiger partial charge in [0.1, 0.15) is 11.3 Å². The highest BCUT2D eigenvalue weighted by atomic mass is 15.4. The molecule has 0 radical (unpaired) electrons. The Morgan fingerprint density at radius 1 is 0.972 bits per heavy atom. The monoisotopic (exact) mass is 484 g/mol. The van der Waals surface area contributed by atoms with Gasteiger partial charge in [-0.3, -0.25) is 4.90 Å². The van der Waals surface area contributed by atoms with Crippen LogP contribution in [0.4, 0.5) is 0 Å². The molecule has 0 aliphatic carbocycles. The predicted molar refractivity (Wildman–Crippen MR) is 146 cm³/mol. The molecule has 1 saturated heterocycles. The largest absolute Gasteiger partial charge is 0.329 e. The molecule has 4 aromatic rings. The molecule has 1 atom stereocenters. The van der Waals surface area contributed by atoms with Crippen LogP contribution in [0.25, 0.3) is 11.0 Å². The van der Waals surface area contributed by atoms with Gasteiger partial charge in [-0.15, -0.1) is 5.10 Å². The maximum Gasteiger partial charge on any atom is 0.123 e. The van der Waals surface area contributed by atoms with E-state index in [2.05, 4.69) is 90.9 Å². The SMILES string of the molecule is Cc1ccc([C@@H](c2ccc3c(nnn3C)c2C)C(C)(C)C)cc1Cn1ccnc1CN1CCCCC1. The molecule has 0 spiro atoms. The Kier molecular flexibility index (Phi) is 6.73. The Bertz CT molecular complexity index is 1350. The topological polar surface area (TPSA) is 51.8 Å². The molecule has 1 fully saturated rings. The molecule has 2 aromatic heterocycles. The lowest BCUT2D eigenvalue weighted by Gasteiger charge is -2.33. The third-order valence-corrected chi connectivity index (χ3v) is 7.92. The van der Waals surface area contributed by atoms with E-state index in [9.17, 15) is 0 Å². The number of rotatable bonds is 6. The fraction of sp³-hybridized carbons (Fsp3) is 0.500. The van der Waals surface area contributed by atoms with E-state index in [4.69, 9.17) is 4.98 Å². The summed E-state index contributed by atoms with van der Waals surface area (Å²) in [6, 6.07) is 11.5. The van der Waals surface area contributed by atoms with Crippen LogP contribution in [-0.4, -0.2) is 42.5 Å². The van der Waals surface area contributed by atoms with Crippen LogP contribution in [0.2, 0.25) is 0 Å². The molecule has 3 heterocycles. The molecule has 0 N–H and O–H groups in total. The first-order valence-electron chi connectivity index (χ1n) is 13.3. The van der Waals surface area contributed by atoms with Gasteiger partial charge in [0, 0.05) is 31.9 Å². The van der Waals surface area contributed by atoms with E-state index in [0.29, 0.717) is 0 Å². The summed E-state index contributed by atoms with van der Waals surface area (Å²) in [4.78, 5) is 7.28. The molecule has 0 unspecified atom stereocenters. The average Bonchev–Trinajstić information content (AvgIpc) is 3.44. The third kappa shape index (κ3) is 4.83. The normalized spacial score (nSPS) is 16.1. The lowest BCUT2D eigenvalue weighted by molar-refractivity contribution is 0.213. The Labute approximate surface area is 215 Å². The average molecular weight is 485 g/mol. The van der Waals surface area contributed by atoms with Gasteiger partial charge >= 0.3 is 0 Å². The maximum atomic E-state index is 4.73. The first kappa shape index (κ1) is 24.7. The van der Waals surface area contributed by atoms with E-state index < -0.39 is 0 Å². The van der Waals surface area contributed by atoms with E-state index in [0.717, 1.165) is 29.9 Å². The molecule has 2 aromatic carbocycles. The van der Waals surface area contributed by atoms with Crippen LogP contribution >= 0.6 is 0 Å². The van der Waals surface area contributed by atoms with Gasteiger partial charge in [0.2, 0.25) is 0 Å². The van der Waals surface area contributed by atoms with Crippen molar-refractivity contribution < 1.29 is 0 Å². The summed E-state index contributed by atoms with van der Waals surface area (Å²) in [5.74, 6) is 1.41. The number of hydrogen-bond donors (Lipinski definition) is 0. The zero-order chi connectivity index (χ0) is 25.4. The molecule has 190 valence electrons. The second-order valence-corrected chi connectivity index (χ2v) is 11.7. The summed E-state index contributed by atoms with van der Waals surface area (Å²) in [6.07, 6.45) is 8.05.